The van der Waals surface area contributed by atoms with E-state index in [1.807, 2.05) is 6.92 Å². The highest BCUT2D eigenvalue weighted by molar-refractivity contribution is 5.84. The predicted octanol–water partition coefficient (Wildman–Crippen LogP) is 0.189. The molecule has 1 heterocycles. The number of nitrogens with zero attached hydrogens (tertiary/aromatic N) is 1. The van der Waals surface area contributed by atoms with E-state index in [9.17, 15) is 9.59 Å². The number of carboxylic acids is 1. The number of carbonyl (C=O) groups is 2. The summed E-state index contributed by atoms with van der Waals surface area (Å²) in [6, 6.07) is -0.634. The molecular weight excluding hydrogens is 196 g/mol. The van der Waals surface area contributed by atoms with Gasteiger partial charge in [-0.3, -0.25) is 4.79 Å². The Hall–Kier alpha value is -1.10. The zero-order chi connectivity index (χ0) is 11.4. The average Bonchev–Trinajstić information content (AvgIpc) is 2.62. The number of carbonyl (C=O) groups excluding carboxylic acids is 1. The predicted molar refractivity (Wildman–Crippen MR) is 55.3 cm³/mol. The summed E-state index contributed by atoms with van der Waals surface area (Å²) in [4.78, 5) is 24.0. The first-order valence-electron chi connectivity index (χ1n) is 5.30. The maximum Gasteiger partial charge on any atom is 0.326 e. The summed E-state index contributed by atoms with van der Waals surface area (Å²) in [5, 5.41) is 8.89. The maximum absolute atomic E-state index is 11.7. The lowest BCUT2D eigenvalue weighted by molar-refractivity contribution is -0.148. The molecule has 2 atom stereocenters. The normalized spacial score (nSPS) is 22.8. The van der Waals surface area contributed by atoms with E-state index in [2.05, 4.69) is 0 Å². The maximum atomic E-state index is 11.7. The summed E-state index contributed by atoms with van der Waals surface area (Å²) in [6.45, 7) is 2.40. The summed E-state index contributed by atoms with van der Waals surface area (Å²) < 4.78 is 0. The number of amides is 1. The highest BCUT2D eigenvalue weighted by atomic mass is 16.4. The lowest BCUT2D eigenvalue weighted by Gasteiger charge is -2.21. The molecule has 1 aliphatic rings. The van der Waals surface area contributed by atoms with Gasteiger partial charge in [0.1, 0.15) is 6.04 Å². The third kappa shape index (κ3) is 3.20. The van der Waals surface area contributed by atoms with Crippen molar-refractivity contribution in [1.29, 1.82) is 0 Å². The monoisotopic (exact) mass is 214 g/mol. The van der Waals surface area contributed by atoms with Gasteiger partial charge in [-0.1, -0.05) is 0 Å². The molecule has 15 heavy (non-hydrogen) atoms. The number of carboxylic acid groups (broad SMARTS) is 1. The van der Waals surface area contributed by atoms with Crippen LogP contribution in [0.15, 0.2) is 0 Å². The van der Waals surface area contributed by atoms with Gasteiger partial charge in [0.2, 0.25) is 5.91 Å². The fraction of sp³-hybridized carbons (Fsp3) is 0.800. The van der Waals surface area contributed by atoms with Crippen molar-refractivity contribution >= 4 is 11.9 Å². The summed E-state index contributed by atoms with van der Waals surface area (Å²) in [6.07, 6.45) is 2.31. The standard InChI is InChI=1S/C10H18N2O3/c1-7(11)4-5-9(13)12-6-2-3-8(12)10(14)15/h7-8H,2-6,11H2,1H3,(H,14,15)/t7?,8-/m1/s1. The van der Waals surface area contributed by atoms with Crippen molar-refractivity contribution in [3.05, 3.63) is 0 Å². The molecule has 1 saturated heterocycles. The van der Waals surface area contributed by atoms with Crippen molar-refractivity contribution in [3.63, 3.8) is 0 Å². The molecule has 86 valence electrons. The highest BCUT2D eigenvalue weighted by Gasteiger charge is 2.33. The summed E-state index contributed by atoms with van der Waals surface area (Å²) in [7, 11) is 0. The van der Waals surface area contributed by atoms with Gasteiger partial charge < -0.3 is 15.7 Å². The van der Waals surface area contributed by atoms with Crippen LogP contribution in [0.2, 0.25) is 0 Å². The van der Waals surface area contributed by atoms with Crippen molar-refractivity contribution in [3.8, 4) is 0 Å². The molecule has 0 bridgehead atoms. The van der Waals surface area contributed by atoms with Gasteiger partial charge in [0.25, 0.3) is 0 Å². The van der Waals surface area contributed by atoms with Crippen LogP contribution in [0.1, 0.15) is 32.6 Å². The minimum atomic E-state index is -0.901. The van der Waals surface area contributed by atoms with Gasteiger partial charge >= 0.3 is 5.97 Å². The Balaban J connectivity index is 2.47. The molecule has 5 nitrogen and oxygen atoms in total. The first kappa shape index (κ1) is 12.0. The molecule has 1 amide bonds. The smallest absolute Gasteiger partial charge is 0.326 e. The van der Waals surface area contributed by atoms with Gasteiger partial charge in [0, 0.05) is 19.0 Å². The molecule has 1 rings (SSSR count). The van der Waals surface area contributed by atoms with Gasteiger partial charge in [-0.25, -0.2) is 4.79 Å². The van der Waals surface area contributed by atoms with Crippen molar-refractivity contribution in [2.75, 3.05) is 6.54 Å². The van der Waals surface area contributed by atoms with Crippen LogP contribution in [0.25, 0.3) is 0 Å². The van der Waals surface area contributed by atoms with E-state index in [1.54, 1.807) is 0 Å². The molecular formula is C10H18N2O3. The molecule has 0 saturated carbocycles. The van der Waals surface area contributed by atoms with Crippen LogP contribution in [0.4, 0.5) is 0 Å². The first-order valence-corrected chi connectivity index (χ1v) is 5.30. The molecule has 0 radical (unpaired) electrons. The van der Waals surface area contributed by atoms with Crippen LogP contribution in [-0.4, -0.2) is 40.5 Å². The number of aliphatic carboxylic acids is 1. The van der Waals surface area contributed by atoms with Crippen molar-refractivity contribution < 1.29 is 14.7 Å². The molecule has 1 aliphatic heterocycles. The van der Waals surface area contributed by atoms with E-state index in [4.69, 9.17) is 10.8 Å². The van der Waals surface area contributed by atoms with Crippen LogP contribution >= 0.6 is 0 Å². The second kappa shape index (κ2) is 5.11. The Kier molecular flexibility index (Phi) is 4.08. The zero-order valence-corrected chi connectivity index (χ0v) is 8.98. The average molecular weight is 214 g/mol. The lowest BCUT2D eigenvalue weighted by Crippen LogP contribution is -2.40. The third-order valence-electron chi connectivity index (χ3n) is 2.67. The molecule has 0 aromatic heterocycles. The van der Waals surface area contributed by atoms with Crippen LogP contribution in [-0.2, 0) is 9.59 Å². The van der Waals surface area contributed by atoms with E-state index in [0.717, 1.165) is 6.42 Å². The highest BCUT2D eigenvalue weighted by Crippen LogP contribution is 2.18. The van der Waals surface area contributed by atoms with Crippen molar-refractivity contribution in [1.82, 2.24) is 4.90 Å². The number of hydrogen-bond acceptors (Lipinski definition) is 3. The van der Waals surface area contributed by atoms with Crippen molar-refractivity contribution in [2.24, 2.45) is 5.73 Å². The summed E-state index contributed by atoms with van der Waals surface area (Å²) in [5.74, 6) is -0.987. The minimum absolute atomic E-state index is 0.0140. The van der Waals surface area contributed by atoms with Crippen molar-refractivity contribution in [2.45, 2.75) is 44.7 Å². The van der Waals surface area contributed by atoms with E-state index in [0.29, 0.717) is 25.8 Å². The van der Waals surface area contributed by atoms with Crippen LogP contribution in [0.3, 0.4) is 0 Å². The molecule has 1 unspecified atom stereocenters. The molecule has 0 spiro atoms. The van der Waals surface area contributed by atoms with Gasteiger partial charge in [-0.05, 0) is 26.2 Å². The third-order valence-corrected chi connectivity index (χ3v) is 2.67. The van der Waals surface area contributed by atoms with Gasteiger partial charge in [0.05, 0.1) is 0 Å². The quantitative estimate of drug-likeness (QED) is 0.699. The summed E-state index contributed by atoms with van der Waals surface area (Å²) >= 11 is 0. The number of rotatable bonds is 4. The van der Waals surface area contributed by atoms with E-state index in [-0.39, 0.29) is 11.9 Å². The van der Waals surface area contributed by atoms with Gasteiger partial charge in [-0.15, -0.1) is 0 Å². The molecule has 0 aromatic rings. The SMILES string of the molecule is CC(N)CCC(=O)N1CCC[C@@H]1C(=O)O. The Morgan fingerprint density at radius 2 is 2.27 bits per heavy atom. The topological polar surface area (TPSA) is 83.6 Å². The van der Waals surface area contributed by atoms with E-state index < -0.39 is 12.0 Å². The number of nitrogens with two attached hydrogens (primary N) is 1. The zero-order valence-electron chi connectivity index (χ0n) is 8.98. The Morgan fingerprint density at radius 3 is 2.80 bits per heavy atom. The van der Waals surface area contributed by atoms with Crippen LogP contribution in [0.5, 0.6) is 0 Å². The molecule has 1 fully saturated rings. The Labute approximate surface area is 89.2 Å². The largest absolute Gasteiger partial charge is 0.480 e. The lowest BCUT2D eigenvalue weighted by atomic mass is 10.1. The Bertz CT molecular complexity index is 253. The number of hydrogen-bond donors (Lipinski definition) is 2. The first-order chi connectivity index (χ1) is 7.02. The molecule has 0 aliphatic carbocycles. The van der Waals surface area contributed by atoms with E-state index in [1.165, 1.54) is 4.90 Å². The Morgan fingerprint density at radius 1 is 1.60 bits per heavy atom. The second-order valence-corrected chi connectivity index (χ2v) is 4.10. The fourth-order valence-corrected chi connectivity index (χ4v) is 1.82. The molecule has 5 heteroatoms. The van der Waals surface area contributed by atoms with Crippen LogP contribution < -0.4 is 5.73 Å². The van der Waals surface area contributed by atoms with Crippen LogP contribution in [0, 0.1) is 0 Å². The van der Waals surface area contributed by atoms with Gasteiger partial charge in [0.15, 0.2) is 0 Å². The molecule has 0 aromatic carbocycles. The number of likely N-dealkylation sites (tertiary alicyclic amines) is 1. The minimum Gasteiger partial charge on any atom is -0.480 e. The second-order valence-electron chi connectivity index (χ2n) is 4.10. The molecule has 3 N–H and O–H groups in total. The summed E-state index contributed by atoms with van der Waals surface area (Å²) in [5.41, 5.74) is 5.55. The fourth-order valence-electron chi connectivity index (χ4n) is 1.82. The van der Waals surface area contributed by atoms with Gasteiger partial charge in [-0.2, -0.15) is 0 Å². The van der Waals surface area contributed by atoms with E-state index >= 15 is 0 Å².